The van der Waals surface area contributed by atoms with E-state index in [2.05, 4.69) is 10.8 Å². The Labute approximate surface area is 269 Å². The quantitative estimate of drug-likeness (QED) is 0.173. The Morgan fingerprint density at radius 3 is 2.02 bits per heavy atom. The fourth-order valence-electron chi connectivity index (χ4n) is 4.74. The van der Waals surface area contributed by atoms with Crippen LogP contribution < -0.4 is 11.2 Å². The van der Waals surface area contributed by atoms with Crippen LogP contribution in [0.3, 0.4) is 0 Å². The molecule has 1 saturated carbocycles. The highest BCUT2D eigenvalue weighted by atomic mass is 32.2. The number of carbonyl (C=O) groups excluding carboxylic acids is 3. The van der Waals surface area contributed by atoms with Gasteiger partial charge in [0.15, 0.2) is 0 Å². The third kappa shape index (κ3) is 7.59. The lowest BCUT2D eigenvalue weighted by molar-refractivity contribution is -0.171. The van der Waals surface area contributed by atoms with Crippen molar-refractivity contribution in [1.82, 2.24) is 9.13 Å². The first-order valence-electron chi connectivity index (χ1n) is 14.3. The minimum absolute atomic E-state index is 0.000258. The van der Waals surface area contributed by atoms with Crippen LogP contribution in [0.25, 0.3) is 0 Å². The van der Waals surface area contributed by atoms with Crippen molar-refractivity contribution < 1.29 is 49.6 Å². The van der Waals surface area contributed by atoms with Gasteiger partial charge in [-0.15, -0.1) is 0 Å². The second-order valence-corrected chi connectivity index (χ2v) is 15.0. The Hall–Kier alpha value is -4.05. The summed E-state index contributed by atoms with van der Waals surface area (Å²) < 4.78 is 81.2. The third-order valence-corrected chi connectivity index (χ3v) is 8.63. The average molecular weight is 687 g/mol. The summed E-state index contributed by atoms with van der Waals surface area (Å²) in [6.45, 7) is 12.0. The normalized spacial score (nSPS) is 20.6. The van der Waals surface area contributed by atoms with Gasteiger partial charge in [-0.2, -0.15) is 26.2 Å². The first kappa shape index (κ1) is 37.4. The average Bonchev–Trinajstić information content (AvgIpc) is 3.22. The van der Waals surface area contributed by atoms with E-state index in [0.717, 1.165) is 10.8 Å². The van der Waals surface area contributed by atoms with Gasteiger partial charge in [-0.25, -0.2) is 4.79 Å². The molecule has 47 heavy (non-hydrogen) atoms. The van der Waals surface area contributed by atoms with Gasteiger partial charge in [-0.05, 0) is 66.2 Å². The Morgan fingerprint density at radius 1 is 0.957 bits per heavy atom. The van der Waals surface area contributed by atoms with Crippen LogP contribution in [0, 0.1) is 23.2 Å². The van der Waals surface area contributed by atoms with Crippen LogP contribution in [0.5, 0.6) is 0 Å². The van der Waals surface area contributed by atoms with Crippen LogP contribution in [0.2, 0.25) is 0 Å². The number of aryl methyl sites for hydroxylation is 1. The van der Waals surface area contributed by atoms with E-state index >= 15 is 0 Å². The lowest BCUT2D eigenvalue weighted by Crippen LogP contribution is -2.47. The molecule has 0 spiro atoms. The second-order valence-electron chi connectivity index (χ2n) is 13.4. The lowest BCUT2D eigenvalue weighted by Gasteiger charge is -2.36. The molecule has 16 heteroatoms. The van der Waals surface area contributed by atoms with Crippen LogP contribution in [-0.2, 0) is 33.4 Å². The topological polar surface area (TPSA) is 157 Å². The molecule has 3 atom stereocenters. The van der Waals surface area contributed by atoms with Gasteiger partial charge in [0.2, 0.25) is 0 Å². The maximum absolute atomic E-state index is 13.8. The van der Waals surface area contributed by atoms with Crippen LogP contribution in [0.1, 0.15) is 69.9 Å². The number of rotatable bonds is 8. The smallest absolute Gasteiger partial charge is 0.464 e. The monoisotopic (exact) mass is 686 g/mol. The van der Waals surface area contributed by atoms with E-state index in [-0.39, 0.29) is 16.7 Å². The zero-order valence-corrected chi connectivity index (χ0v) is 27.8. The molecule has 1 aromatic heterocycles. The van der Waals surface area contributed by atoms with Crippen molar-refractivity contribution in [3.63, 3.8) is 0 Å². The number of hydrogen-bond donors (Lipinski definition) is 0. The van der Waals surface area contributed by atoms with Crippen molar-refractivity contribution in [2.24, 2.45) is 16.2 Å². The zero-order chi connectivity index (χ0) is 35.9. The molecule has 1 heterocycles. The summed E-state index contributed by atoms with van der Waals surface area (Å²) in [4.78, 5) is 66.2. The molecular weight excluding hydrogens is 649 g/mol. The predicted octanol–water partition coefficient (Wildman–Crippen LogP) is 3.91. The Morgan fingerprint density at radius 2 is 1.51 bits per heavy atom. The van der Waals surface area contributed by atoms with E-state index in [4.69, 9.17) is 9.47 Å². The van der Waals surface area contributed by atoms with E-state index in [9.17, 15) is 45.6 Å². The molecular formula is C31H37F3N2O10S. The van der Waals surface area contributed by atoms with Crippen LogP contribution in [-0.4, -0.2) is 60.2 Å². The van der Waals surface area contributed by atoms with Gasteiger partial charge in [0.1, 0.15) is 12.7 Å². The molecule has 2 aromatic rings. The number of ether oxygens (including phenoxy) is 2. The zero-order valence-electron chi connectivity index (χ0n) is 27.0. The van der Waals surface area contributed by atoms with Crippen molar-refractivity contribution in [2.45, 2.75) is 72.5 Å². The van der Waals surface area contributed by atoms with Crippen LogP contribution >= 0.6 is 0 Å². The van der Waals surface area contributed by atoms with Crippen LogP contribution in [0.15, 0.2) is 58.3 Å². The first-order valence-corrected chi connectivity index (χ1v) is 15.7. The fraction of sp³-hybridized carbons (Fsp3) is 0.516. The standard InChI is InChI=1S/C31H37F3N2O10S/c1-18-15-35(27(41)36(23(18)37)24(38)20-12-10-9-11-13-20)21-14-22(46-26(40)29(6,7)8)30(19(21)2,16-44-25(39)28(3,4)5)17-45-47(42,43)31(32,33)34/h9-13,15,21-22H,2,14,16-17H2,1,3-8H3/t21-,22-,30+/m0/s1. The number of halogens is 3. The predicted molar refractivity (Wildman–Crippen MR) is 162 cm³/mol. The molecule has 0 aliphatic heterocycles. The Bertz CT molecular complexity index is 1800. The summed E-state index contributed by atoms with van der Waals surface area (Å²) in [5.74, 6) is -2.68. The lowest BCUT2D eigenvalue weighted by atomic mass is 9.81. The Balaban J connectivity index is 2.27. The van der Waals surface area contributed by atoms with Gasteiger partial charge < -0.3 is 9.47 Å². The molecule has 0 radical (unpaired) electrons. The molecule has 0 amide bonds. The van der Waals surface area contributed by atoms with Gasteiger partial charge >= 0.3 is 33.3 Å². The van der Waals surface area contributed by atoms with Gasteiger partial charge in [-0.1, -0.05) is 24.8 Å². The van der Waals surface area contributed by atoms with Crippen molar-refractivity contribution in [3.05, 3.63) is 80.6 Å². The van der Waals surface area contributed by atoms with Gasteiger partial charge in [0.05, 0.1) is 28.9 Å². The molecule has 0 unspecified atom stereocenters. The number of carbonyl (C=O) groups is 3. The van der Waals surface area contributed by atoms with E-state index in [1.165, 1.54) is 72.7 Å². The Kier molecular flexibility index (Phi) is 10.2. The summed E-state index contributed by atoms with van der Waals surface area (Å²) in [5.41, 5.74) is -12.7. The largest absolute Gasteiger partial charge is 0.523 e. The number of nitrogens with zero attached hydrogens (tertiary/aromatic N) is 2. The van der Waals surface area contributed by atoms with Crippen molar-refractivity contribution in [1.29, 1.82) is 0 Å². The van der Waals surface area contributed by atoms with E-state index in [0.29, 0.717) is 4.57 Å². The molecule has 3 rings (SSSR count). The molecule has 12 nitrogen and oxygen atoms in total. The molecule has 0 N–H and O–H groups in total. The highest BCUT2D eigenvalue weighted by molar-refractivity contribution is 7.87. The minimum atomic E-state index is -6.23. The molecule has 1 aliphatic rings. The van der Waals surface area contributed by atoms with Crippen LogP contribution in [0.4, 0.5) is 13.2 Å². The van der Waals surface area contributed by atoms with E-state index in [1.807, 2.05) is 0 Å². The fourth-order valence-corrected chi connectivity index (χ4v) is 5.24. The van der Waals surface area contributed by atoms with E-state index in [1.54, 1.807) is 6.07 Å². The maximum Gasteiger partial charge on any atom is 0.523 e. The number of hydrogen-bond acceptors (Lipinski definition) is 10. The van der Waals surface area contributed by atoms with Crippen molar-refractivity contribution >= 4 is 28.0 Å². The SMILES string of the molecule is C=C1[C@@H](n2cc(C)c(=O)n(C(=O)c3ccccc3)c2=O)C[C@H](OC(=O)C(C)(C)C)[C@]1(COC(=O)C(C)(C)C)COS(=O)(=O)C(F)(F)F. The number of esters is 2. The van der Waals surface area contributed by atoms with Gasteiger partial charge in [-0.3, -0.25) is 27.9 Å². The number of aromatic nitrogens is 2. The summed E-state index contributed by atoms with van der Waals surface area (Å²) in [7, 11) is -6.23. The summed E-state index contributed by atoms with van der Waals surface area (Å²) in [5, 5.41) is 0. The second kappa shape index (κ2) is 12.9. The highest BCUT2D eigenvalue weighted by Crippen LogP contribution is 2.51. The summed E-state index contributed by atoms with van der Waals surface area (Å²) >= 11 is 0. The molecule has 1 aromatic carbocycles. The molecule has 0 bridgehead atoms. The molecule has 0 saturated heterocycles. The van der Waals surface area contributed by atoms with Gasteiger partial charge in [0, 0.05) is 23.7 Å². The first-order chi connectivity index (χ1) is 21.3. The van der Waals surface area contributed by atoms with Crippen molar-refractivity contribution in [2.75, 3.05) is 13.2 Å². The third-order valence-electron chi connectivity index (χ3n) is 7.63. The van der Waals surface area contributed by atoms with Crippen molar-refractivity contribution in [3.8, 4) is 0 Å². The van der Waals surface area contributed by atoms with E-state index < -0.39 is 92.7 Å². The highest BCUT2D eigenvalue weighted by Gasteiger charge is 2.58. The minimum Gasteiger partial charge on any atom is -0.464 e. The maximum atomic E-state index is 13.8. The summed E-state index contributed by atoms with van der Waals surface area (Å²) in [6, 6.07) is 6.08. The van der Waals surface area contributed by atoms with Gasteiger partial charge in [0.25, 0.3) is 11.5 Å². The molecule has 258 valence electrons. The number of alkyl halides is 3. The number of benzene rings is 1. The molecule has 1 fully saturated rings. The summed E-state index contributed by atoms with van der Waals surface area (Å²) in [6.07, 6.45) is -0.886. The molecule has 1 aliphatic carbocycles.